The Hall–Kier alpha value is -0.910. The zero-order valence-corrected chi connectivity index (χ0v) is 13.2. The molecule has 1 aliphatic rings. The summed E-state index contributed by atoms with van der Waals surface area (Å²) in [7, 11) is 4.18. The molecule has 0 saturated carbocycles. The third kappa shape index (κ3) is 3.40. The van der Waals surface area contributed by atoms with E-state index in [9.17, 15) is 4.79 Å². The number of nitrogens with zero attached hydrogens (tertiary/aromatic N) is 4. The van der Waals surface area contributed by atoms with E-state index in [1.807, 2.05) is 0 Å². The zero-order valence-electron chi connectivity index (χ0n) is 12.5. The quantitative estimate of drug-likeness (QED) is 0.777. The van der Waals surface area contributed by atoms with Crippen molar-refractivity contribution in [2.45, 2.75) is 32.4 Å². The summed E-state index contributed by atoms with van der Waals surface area (Å²) >= 11 is 6.13. The maximum atomic E-state index is 12.6. The molecule has 2 rings (SSSR count). The van der Waals surface area contributed by atoms with Crippen LogP contribution in [0.5, 0.6) is 0 Å². The van der Waals surface area contributed by atoms with Gasteiger partial charge in [-0.25, -0.2) is 0 Å². The van der Waals surface area contributed by atoms with E-state index in [2.05, 4.69) is 35.9 Å². The Kier molecular flexibility index (Phi) is 5.18. The Bertz CT molecular complexity index is 474. The van der Waals surface area contributed by atoms with Crippen molar-refractivity contribution in [1.82, 2.24) is 19.6 Å². The summed E-state index contributed by atoms with van der Waals surface area (Å²) in [4.78, 5) is 17.1. The van der Waals surface area contributed by atoms with Gasteiger partial charge < -0.3 is 9.80 Å². The zero-order chi connectivity index (χ0) is 14.7. The summed E-state index contributed by atoms with van der Waals surface area (Å²) in [6.07, 6.45) is 3.00. The number of aromatic nitrogens is 2. The van der Waals surface area contributed by atoms with Crippen molar-refractivity contribution in [3.63, 3.8) is 0 Å². The van der Waals surface area contributed by atoms with Gasteiger partial charge in [-0.05, 0) is 20.5 Å². The Morgan fingerprint density at radius 3 is 2.90 bits per heavy atom. The summed E-state index contributed by atoms with van der Waals surface area (Å²) in [5, 5.41) is 4.66. The molecule has 1 fully saturated rings. The second-order valence-corrected chi connectivity index (χ2v) is 6.00. The number of halogens is 1. The maximum absolute atomic E-state index is 12.6. The van der Waals surface area contributed by atoms with Crippen molar-refractivity contribution in [1.29, 1.82) is 0 Å². The number of ketones is 1. The number of carbonyl (C=O) groups excluding carboxylic acids is 1. The lowest BCUT2D eigenvalue weighted by atomic mass is 10.0. The predicted molar refractivity (Wildman–Crippen MR) is 80.4 cm³/mol. The Morgan fingerprint density at radius 1 is 1.45 bits per heavy atom. The molecule has 0 N–H and O–H groups in total. The molecule has 0 aromatic carbocycles. The number of Topliss-reactive ketones (excluding diaryl/α,β-unsaturated/α-hetero) is 1. The van der Waals surface area contributed by atoms with E-state index in [0.29, 0.717) is 17.1 Å². The minimum Gasteiger partial charge on any atom is -0.304 e. The lowest BCUT2D eigenvalue weighted by Gasteiger charge is -2.37. The van der Waals surface area contributed by atoms with Crippen LogP contribution < -0.4 is 0 Å². The van der Waals surface area contributed by atoms with Gasteiger partial charge in [0.1, 0.15) is 5.69 Å². The monoisotopic (exact) mass is 298 g/mol. The van der Waals surface area contributed by atoms with Crippen molar-refractivity contribution in [3.8, 4) is 0 Å². The highest BCUT2D eigenvalue weighted by molar-refractivity contribution is 6.33. The predicted octanol–water partition coefficient (Wildman–Crippen LogP) is 1.77. The molecular weight excluding hydrogens is 276 g/mol. The molecule has 1 saturated heterocycles. The van der Waals surface area contributed by atoms with Gasteiger partial charge in [-0.1, -0.05) is 18.5 Å². The third-order valence-electron chi connectivity index (χ3n) is 3.90. The minimum atomic E-state index is 0.0908. The summed E-state index contributed by atoms with van der Waals surface area (Å²) in [6.45, 7) is 5.76. The van der Waals surface area contributed by atoms with Crippen LogP contribution in [-0.4, -0.2) is 65.1 Å². The van der Waals surface area contributed by atoms with Gasteiger partial charge in [-0.3, -0.25) is 9.48 Å². The molecule has 20 heavy (non-hydrogen) atoms. The molecule has 1 aromatic rings. The van der Waals surface area contributed by atoms with Gasteiger partial charge in [0.15, 0.2) is 5.78 Å². The number of piperazine rings is 1. The standard InChI is InChI=1S/C14H23ClN4O/c1-4-5-19-14(12(15)9-16-19)13(20)8-11-10-17(2)6-7-18(11)3/h9,11H,4-8,10H2,1-3H3. The second kappa shape index (κ2) is 6.70. The molecule has 1 aromatic heterocycles. The summed E-state index contributed by atoms with van der Waals surface area (Å²) in [5.41, 5.74) is 0.565. The van der Waals surface area contributed by atoms with Crippen molar-refractivity contribution in [2.24, 2.45) is 0 Å². The lowest BCUT2D eigenvalue weighted by Crippen LogP contribution is -2.50. The molecule has 1 atom stereocenters. The second-order valence-electron chi connectivity index (χ2n) is 5.59. The van der Waals surface area contributed by atoms with Crippen LogP contribution in [0.4, 0.5) is 0 Å². The van der Waals surface area contributed by atoms with Crippen molar-refractivity contribution in [3.05, 3.63) is 16.9 Å². The van der Waals surface area contributed by atoms with Crippen molar-refractivity contribution >= 4 is 17.4 Å². The van der Waals surface area contributed by atoms with Gasteiger partial charge in [-0.2, -0.15) is 5.10 Å². The fourth-order valence-electron chi connectivity index (χ4n) is 2.65. The summed E-state index contributed by atoms with van der Waals surface area (Å²) in [6, 6.07) is 0.252. The van der Waals surface area contributed by atoms with Gasteiger partial charge in [0.25, 0.3) is 0 Å². The van der Waals surface area contributed by atoms with Crippen LogP contribution in [0, 0.1) is 0 Å². The Labute approximate surface area is 125 Å². The number of carbonyl (C=O) groups is 1. The number of aryl methyl sites for hydroxylation is 1. The van der Waals surface area contributed by atoms with Crippen LogP contribution in [0.15, 0.2) is 6.20 Å². The number of likely N-dealkylation sites (N-methyl/N-ethyl adjacent to an activating group) is 2. The first-order valence-corrected chi connectivity index (χ1v) is 7.54. The van der Waals surface area contributed by atoms with E-state index in [4.69, 9.17) is 11.6 Å². The number of rotatable bonds is 5. The molecule has 0 amide bonds. The molecule has 5 nitrogen and oxygen atoms in total. The van der Waals surface area contributed by atoms with Crippen LogP contribution in [-0.2, 0) is 6.54 Å². The average molecular weight is 299 g/mol. The Morgan fingerprint density at radius 2 is 2.20 bits per heavy atom. The molecule has 0 radical (unpaired) electrons. The SMILES string of the molecule is CCCn1ncc(Cl)c1C(=O)CC1CN(C)CCN1C. The van der Waals surface area contributed by atoms with E-state index in [1.165, 1.54) is 0 Å². The van der Waals surface area contributed by atoms with E-state index in [1.54, 1.807) is 10.9 Å². The molecule has 0 bridgehead atoms. The van der Waals surface area contributed by atoms with Gasteiger partial charge in [0.2, 0.25) is 0 Å². The normalized spacial score (nSPS) is 21.3. The molecule has 6 heteroatoms. The fraction of sp³-hybridized carbons (Fsp3) is 0.714. The number of hydrogen-bond acceptors (Lipinski definition) is 4. The van der Waals surface area contributed by atoms with Crippen LogP contribution in [0.25, 0.3) is 0 Å². The minimum absolute atomic E-state index is 0.0908. The maximum Gasteiger partial charge on any atom is 0.183 e. The van der Waals surface area contributed by atoms with E-state index in [-0.39, 0.29) is 11.8 Å². The first-order valence-electron chi connectivity index (χ1n) is 7.16. The fourth-order valence-corrected chi connectivity index (χ4v) is 2.90. The van der Waals surface area contributed by atoms with Crippen LogP contribution in [0.2, 0.25) is 5.02 Å². The smallest absolute Gasteiger partial charge is 0.183 e. The lowest BCUT2D eigenvalue weighted by molar-refractivity contribution is 0.0801. The van der Waals surface area contributed by atoms with Crippen LogP contribution in [0.3, 0.4) is 0 Å². The van der Waals surface area contributed by atoms with E-state index in [0.717, 1.165) is 32.6 Å². The molecular formula is C14H23ClN4O. The molecule has 0 spiro atoms. The van der Waals surface area contributed by atoms with Gasteiger partial charge in [-0.15, -0.1) is 0 Å². The van der Waals surface area contributed by atoms with Crippen LogP contribution in [0.1, 0.15) is 30.3 Å². The first-order chi connectivity index (χ1) is 9.52. The van der Waals surface area contributed by atoms with E-state index < -0.39 is 0 Å². The van der Waals surface area contributed by atoms with Gasteiger partial charge in [0, 0.05) is 38.6 Å². The highest BCUT2D eigenvalue weighted by Crippen LogP contribution is 2.20. The Balaban J connectivity index is 2.09. The van der Waals surface area contributed by atoms with E-state index >= 15 is 0 Å². The molecule has 2 heterocycles. The van der Waals surface area contributed by atoms with Crippen molar-refractivity contribution in [2.75, 3.05) is 33.7 Å². The largest absolute Gasteiger partial charge is 0.304 e. The molecule has 112 valence electrons. The summed E-state index contributed by atoms with van der Waals surface area (Å²) < 4.78 is 1.73. The van der Waals surface area contributed by atoms with Gasteiger partial charge >= 0.3 is 0 Å². The number of hydrogen-bond donors (Lipinski definition) is 0. The highest BCUT2D eigenvalue weighted by Gasteiger charge is 2.27. The highest BCUT2D eigenvalue weighted by atomic mass is 35.5. The summed E-state index contributed by atoms with van der Waals surface area (Å²) in [5.74, 6) is 0.0908. The van der Waals surface area contributed by atoms with Crippen LogP contribution >= 0.6 is 11.6 Å². The average Bonchev–Trinajstić information content (AvgIpc) is 2.75. The molecule has 1 unspecified atom stereocenters. The molecule has 1 aliphatic heterocycles. The third-order valence-corrected chi connectivity index (χ3v) is 4.17. The van der Waals surface area contributed by atoms with Gasteiger partial charge in [0.05, 0.1) is 11.2 Å². The van der Waals surface area contributed by atoms with Crippen molar-refractivity contribution < 1.29 is 4.79 Å². The topological polar surface area (TPSA) is 41.4 Å². The first kappa shape index (κ1) is 15.5. The molecule has 0 aliphatic carbocycles.